The highest BCUT2D eigenvalue weighted by Gasteiger charge is 2.36. The highest BCUT2D eigenvalue weighted by molar-refractivity contribution is 5.73. The van der Waals surface area contributed by atoms with Gasteiger partial charge in [-0.2, -0.15) is 0 Å². The fraction of sp³-hybridized carbons (Fsp3) is 0.950. The van der Waals surface area contributed by atoms with Gasteiger partial charge in [0.15, 0.2) is 0 Å². The lowest BCUT2D eigenvalue weighted by molar-refractivity contribution is -0.164. The minimum absolute atomic E-state index is 0.0618. The van der Waals surface area contributed by atoms with E-state index < -0.39 is 5.60 Å². The summed E-state index contributed by atoms with van der Waals surface area (Å²) >= 11 is 0. The van der Waals surface area contributed by atoms with Gasteiger partial charge in [-0.25, -0.2) is 0 Å². The molecule has 3 heteroatoms. The summed E-state index contributed by atoms with van der Waals surface area (Å²) in [7, 11) is 0. The number of hydrogen-bond acceptors (Lipinski definition) is 3. The normalized spacial score (nSPS) is 17.5. The minimum Gasteiger partial charge on any atom is -0.460 e. The van der Waals surface area contributed by atoms with Gasteiger partial charge in [-0.3, -0.25) is 4.79 Å². The molecule has 0 spiro atoms. The molecule has 0 amide bonds. The fourth-order valence-corrected chi connectivity index (χ4v) is 3.08. The molecule has 0 saturated heterocycles. The van der Waals surface area contributed by atoms with Crippen LogP contribution in [0.2, 0.25) is 0 Å². The first kappa shape index (κ1) is 22.4. The van der Waals surface area contributed by atoms with E-state index in [-0.39, 0.29) is 22.8 Å². The third-order valence-electron chi connectivity index (χ3n) is 3.81. The average molecular weight is 328 g/mol. The Hall–Kier alpha value is -0.570. The van der Waals surface area contributed by atoms with Gasteiger partial charge >= 0.3 is 5.97 Å². The molecule has 0 aromatic rings. The van der Waals surface area contributed by atoms with E-state index in [2.05, 4.69) is 60.7 Å². The summed E-state index contributed by atoms with van der Waals surface area (Å²) in [5, 5.41) is 3.61. The first-order valence-electron chi connectivity index (χ1n) is 9.02. The van der Waals surface area contributed by atoms with Crippen molar-refractivity contribution < 1.29 is 9.53 Å². The summed E-state index contributed by atoms with van der Waals surface area (Å²) in [6, 6.07) is 0.434. The summed E-state index contributed by atoms with van der Waals surface area (Å²) in [5.74, 6) is 0.337. The maximum Gasteiger partial charge on any atom is 0.309 e. The Bertz CT molecular complexity index is 369. The summed E-state index contributed by atoms with van der Waals surface area (Å²) in [4.78, 5) is 12.6. The van der Waals surface area contributed by atoms with E-state index in [9.17, 15) is 4.79 Å². The second-order valence-corrected chi connectivity index (χ2v) is 10.3. The van der Waals surface area contributed by atoms with Crippen LogP contribution in [0.4, 0.5) is 0 Å². The van der Waals surface area contributed by atoms with Gasteiger partial charge in [0.05, 0.1) is 5.92 Å². The molecule has 0 fully saturated rings. The summed E-state index contributed by atoms with van der Waals surface area (Å²) in [5.41, 5.74) is -0.393. The van der Waals surface area contributed by atoms with Crippen LogP contribution in [0.1, 0.15) is 89.0 Å². The Morgan fingerprint density at radius 3 is 1.74 bits per heavy atom. The van der Waals surface area contributed by atoms with Crippen molar-refractivity contribution in [2.75, 3.05) is 0 Å². The first-order chi connectivity index (χ1) is 10.0. The van der Waals surface area contributed by atoms with Crippen molar-refractivity contribution in [3.05, 3.63) is 0 Å². The second kappa shape index (κ2) is 8.00. The molecule has 23 heavy (non-hydrogen) atoms. The molecule has 0 aliphatic carbocycles. The van der Waals surface area contributed by atoms with Gasteiger partial charge in [-0.1, -0.05) is 27.7 Å². The van der Waals surface area contributed by atoms with Gasteiger partial charge in [0.2, 0.25) is 0 Å². The SMILES string of the molecule is CC(CC(C)NC(C)(C)C)CC(C(=O)OC(C)(C)C)C(C)(C)C. The van der Waals surface area contributed by atoms with Crippen LogP contribution in [0.15, 0.2) is 0 Å². The molecule has 138 valence electrons. The van der Waals surface area contributed by atoms with Gasteiger partial charge < -0.3 is 10.1 Å². The van der Waals surface area contributed by atoms with Crippen molar-refractivity contribution >= 4 is 5.97 Å². The van der Waals surface area contributed by atoms with E-state index >= 15 is 0 Å². The molecule has 0 aromatic carbocycles. The predicted molar refractivity (Wildman–Crippen MR) is 99.5 cm³/mol. The third-order valence-corrected chi connectivity index (χ3v) is 3.81. The van der Waals surface area contributed by atoms with Crippen LogP contribution in [-0.4, -0.2) is 23.2 Å². The topological polar surface area (TPSA) is 38.3 Å². The van der Waals surface area contributed by atoms with Gasteiger partial charge in [0.1, 0.15) is 5.60 Å². The van der Waals surface area contributed by atoms with Crippen molar-refractivity contribution in [1.82, 2.24) is 5.32 Å². The van der Waals surface area contributed by atoms with Crippen LogP contribution >= 0.6 is 0 Å². The second-order valence-electron chi connectivity index (χ2n) is 10.3. The molecular formula is C20H41NO2. The van der Waals surface area contributed by atoms with Gasteiger partial charge in [-0.05, 0) is 72.6 Å². The maximum atomic E-state index is 12.6. The molecule has 3 atom stereocenters. The largest absolute Gasteiger partial charge is 0.460 e. The lowest BCUT2D eigenvalue weighted by atomic mass is 9.75. The van der Waals surface area contributed by atoms with Crippen molar-refractivity contribution in [1.29, 1.82) is 0 Å². The Morgan fingerprint density at radius 2 is 1.39 bits per heavy atom. The Labute approximate surface area is 144 Å². The number of carbonyl (C=O) groups excluding carboxylic acids is 1. The highest BCUT2D eigenvalue weighted by Crippen LogP contribution is 2.34. The Balaban J connectivity index is 4.82. The highest BCUT2D eigenvalue weighted by atomic mass is 16.6. The predicted octanol–water partition coefficient (Wildman–Crippen LogP) is 5.18. The fourth-order valence-electron chi connectivity index (χ4n) is 3.08. The smallest absolute Gasteiger partial charge is 0.309 e. The quantitative estimate of drug-likeness (QED) is 0.683. The zero-order valence-electron chi connectivity index (χ0n) is 17.5. The van der Waals surface area contributed by atoms with Gasteiger partial charge in [0.25, 0.3) is 0 Å². The number of esters is 1. The molecular weight excluding hydrogens is 286 g/mol. The molecule has 1 N–H and O–H groups in total. The molecule has 0 saturated carbocycles. The molecule has 0 aliphatic rings. The van der Waals surface area contributed by atoms with E-state index in [1.54, 1.807) is 0 Å². The molecule has 0 aliphatic heterocycles. The van der Waals surface area contributed by atoms with E-state index in [0.29, 0.717) is 12.0 Å². The molecule has 3 unspecified atom stereocenters. The van der Waals surface area contributed by atoms with Crippen molar-refractivity contribution in [2.45, 2.75) is 106 Å². The van der Waals surface area contributed by atoms with E-state index in [0.717, 1.165) is 12.8 Å². The van der Waals surface area contributed by atoms with E-state index in [1.807, 2.05) is 20.8 Å². The van der Waals surface area contributed by atoms with E-state index in [4.69, 9.17) is 4.74 Å². The lowest BCUT2D eigenvalue weighted by Crippen LogP contribution is -2.43. The molecule has 0 aromatic heterocycles. The van der Waals surface area contributed by atoms with Crippen LogP contribution < -0.4 is 5.32 Å². The average Bonchev–Trinajstić information content (AvgIpc) is 2.18. The van der Waals surface area contributed by atoms with Crippen molar-refractivity contribution in [3.63, 3.8) is 0 Å². The van der Waals surface area contributed by atoms with Crippen LogP contribution in [0.3, 0.4) is 0 Å². The molecule has 0 bridgehead atoms. The first-order valence-corrected chi connectivity index (χ1v) is 9.02. The maximum absolute atomic E-state index is 12.6. The number of nitrogens with one attached hydrogen (secondary N) is 1. The third kappa shape index (κ3) is 10.8. The number of rotatable bonds is 6. The monoisotopic (exact) mass is 327 g/mol. The summed E-state index contributed by atoms with van der Waals surface area (Å²) in [6.45, 7) is 23.2. The lowest BCUT2D eigenvalue weighted by Gasteiger charge is -2.34. The van der Waals surface area contributed by atoms with E-state index in [1.165, 1.54) is 0 Å². The van der Waals surface area contributed by atoms with Gasteiger partial charge in [0, 0.05) is 11.6 Å². The van der Waals surface area contributed by atoms with Crippen molar-refractivity contribution in [3.8, 4) is 0 Å². The Morgan fingerprint density at radius 1 is 0.913 bits per heavy atom. The number of ether oxygens (including phenoxy) is 1. The van der Waals surface area contributed by atoms with Crippen LogP contribution in [0.25, 0.3) is 0 Å². The minimum atomic E-state index is -0.426. The molecule has 3 nitrogen and oxygen atoms in total. The summed E-state index contributed by atoms with van der Waals surface area (Å²) in [6.07, 6.45) is 1.93. The van der Waals surface area contributed by atoms with Crippen LogP contribution in [0, 0.1) is 17.3 Å². The number of hydrogen-bond donors (Lipinski definition) is 1. The Kier molecular flexibility index (Phi) is 7.81. The summed E-state index contributed by atoms with van der Waals surface area (Å²) < 4.78 is 5.66. The van der Waals surface area contributed by atoms with Crippen LogP contribution in [0.5, 0.6) is 0 Å². The molecule has 0 rings (SSSR count). The molecule has 0 heterocycles. The zero-order valence-corrected chi connectivity index (χ0v) is 17.5. The van der Waals surface area contributed by atoms with Gasteiger partial charge in [-0.15, -0.1) is 0 Å². The van der Waals surface area contributed by atoms with Crippen molar-refractivity contribution in [2.24, 2.45) is 17.3 Å². The zero-order chi connectivity index (χ0) is 18.6. The number of carbonyl (C=O) groups is 1. The molecule has 0 radical (unpaired) electrons. The van der Waals surface area contributed by atoms with Crippen LogP contribution in [-0.2, 0) is 9.53 Å². The standard InChI is InChI=1S/C20H41NO2/c1-14(12-15(2)21-19(6,7)8)13-16(18(3,4)5)17(22)23-20(9,10)11/h14-16,21H,12-13H2,1-11H3.